The number of pyridine rings is 1. The van der Waals surface area contributed by atoms with Crippen molar-refractivity contribution < 1.29 is 9.57 Å². The molecule has 0 aliphatic carbocycles. The largest absolute Gasteiger partial charge is 0.618 e. The van der Waals surface area contributed by atoms with E-state index >= 15 is 0 Å². The average molecular weight is 326 g/mol. The van der Waals surface area contributed by atoms with E-state index in [0.717, 1.165) is 17.0 Å². The highest BCUT2D eigenvalue weighted by Crippen LogP contribution is 2.26. The minimum atomic E-state index is 0.205. The van der Waals surface area contributed by atoms with Gasteiger partial charge in [0.15, 0.2) is 12.8 Å². The third-order valence-electron chi connectivity index (χ3n) is 3.89. The van der Waals surface area contributed by atoms with Gasteiger partial charge in [0.1, 0.15) is 0 Å². The van der Waals surface area contributed by atoms with Crippen molar-refractivity contribution in [2.75, 3.05) is 13.1 Å². The van der Waals surface area contributed by atoms with Gasteiger partial charge in [0, 0.05) is 18.7 Å². The molecule has 0 unspecified atom stereocenters. The van der Waals surface area contributed by atoms with Crippen molar-refractivity contribution in [2.45, 2.75) is 26.4 Å². The average Bonchev–Trinajstić information content (AvgIpc) is 3.01. The summed E-state index contributed by atoms with van der Waals surface area (Å²) in [6, 6.07) is 13.4. The molecule has 2 heterocycles. The number of nitrogens with zero attached hydrogens (tertiary/aromatic N) is 3. The summed E-state index contributed by atoms with van der Waals surface area (Å²) in [5, 5.41) is 16.6. The first kappa shape index (κ1) is 16.3. The monoisotopic (exact) mass is 326 g/mol. The molecule has 0 spiro atoms. The van der Waals surface area contributed by atoms with Crippen molar-refractivity contribution in [2.24, 2.45) is 4.99 Å². The van der Waals surface area contributed by atoms with Crippen molar-refractivity contribution in [3.8, 4) is 0 Å². The molecule has 0 amide bonds. The molecule has 0 radical (unpaired) electrons. The van der Waals surface area contributed by atoms with Gasteiger partial charge in [-0.05, 0) is 23.6 Å². The predicted octanol–water partition coefficient (Wildman–Crippen LogP) is 2.47. The van der Waals surface area contributed by atoms with Gasteiger partial charge in [-0.1, -0.05) is 32.0 Å². The lowest BCUT2D eigenvalue weighted by Gasteiger charge is -2.17. The van der Waals surface area contributed by atoms with Crippen LogP contribution in [0.5, 0.6) is 0 Å². The van der Waals surface area contributed by atoms with Gasteiger partial charge in [0.25, 0.3) is 0 Å². The predicted molar refractivity (Wildman–Crippen MR) is 92.5 cm³/mol. The minimum Gasteiger partial charge on any atom is -0.618 e. The van der Waals surface area contributed by atoms with Gasteiger partial charge >= 0.3 is 0 Å². The molecular weight excluding hydrogens is 304 g/mol. The van der Waals surface area contributed by atoms with Crippen LogP contribution >= 0.6 is 0 Å². The first-order chi connectivity index (χ1) is 11.6. The highest BCUT2D eigenvalue weighted by atomic mass is 16.7. The lowest BCUT2D eigenvalue weighted by atomic mass is 10.0. The van der Waals surface area contributed by atoms with Crippen molar-refractivity contribution in [3.63, 3.8) is 0 Å². The molecule has 2 aromatic rings. The summed E-state index contributed by atoms with van der Waals surface area (Å²) in [6.45, 7) is 5.95. The zero-order valence-corrected chi connectivity index (χ0v) is 14.0. The fraction of sp³-hybridized carbons (Fsp3) is 0.333. The van der Waals surface area contributed by atoms with E-state index in [1.165, 1.54) is 11.8 Å². The first-order valence-electron chi connectivity index (χ1n) is 8.14. The maximum Gasteiger partial charge on any atom is 0.223 e. The van der Waals surface area contributed by atoms with E-state index in [1.807, 2.05) is 24.3 Å². The molecule has 6 heteroatoms. The fourth-order valence-electron chi connectivity index (χ4n) is 2.60. The van der Waals surface area contributed by atoms with Crippen molar-refractivity contribution in [3.05, 3.63) is 65.1 Å². The van der Waals surface area contributed by atoms with Gasteiger partial charge in [-0.25, -0.2) is 10.1 Å². The van der Waals surface area contributed by atoms with Crippen molar-refractivity contribution in [1.82, 2.24) is 10.4 Å². The Labute approximate surface area is 141 Å². The first-order valence-corrected chi connectivity index (χ1v) is 8.14. The smallest absolute Gasteiger partial charge is 0.223 e. The summed E-state index contributed by atoms with van der Waals surface area (Å²) in [4.78, 5) is 10.5. The Morgan fingerprint density at radius 1 is 1.25 bits per heavy atom. The topological polar surface area (TPSA) is 63.8 Å². The Morgan fingerprint density at radius 3 is 2.83 bits per heavy atom. The van der Waals surface area contributed by atoms with Crippen LogP contribution in [0.25, 0.3) is 0 Å². The number of benzene rings is 1. The maximum absolute atomic E-state index is 11.7. The molecule has 1 aromatic heterocycles. The second-order valence-electron chi connectivity index (χ2n) is 5.97. The van der Waals surface area contributed by atoms with Crippen LogP contribution in [-0.4, -0.2) is 24.1 Å². The van der Waals surface area contributed by atoms with Crippen LogP contribution in [0.15, 0.2) is 53.7 Å². The lowest BCUT2D eigenvalue weighted by molar-refractivity contribution is -0.617. The van der Waals surface area contributed by atoms with Crippen LogP contribution in [0.1, 0.15) is 31.0 Å². The molecule has 1 fully saturated rings. The van der Waals surface area contributed by atoms with Crippen LogP contribution in [0.2, 0.25) is 0 Å². The Morgan fingerprint density at radius 2 is 2.04 bits per heavy atom. The molecule has 24 heavy (non-hydrogen) atoms. The Hall–Kier alpha value is -2.60. The number of hydrogen-bond donors (Lipinski definition) is 1. The van der Waals surface area contributed by atoms with Gasteiger partial charge in [-0.2, -0.15) is 4.73 Å². The normalized spacial score (nSPS) is 16.0. The van der Waals surface area contributed by atoms with Gasteiger partial charge in [0.2, 0.25) is 11.7 Å². The van der Waals surface area contributed by atoms with E-state index in [0.29, 0.717) is 24.1 Å². The van der Waals surface area contributed by atoms with Crippen LogP contribution in [-0.2, 0) is 11.4 Å². The molecule has 0 atom stereocenters. The van der Waals surface area contributed by atoms with Crippen molar-refractivity contribution in [1.29, 1.82) is 0 Å². The summed E-state index contributed by atoms with van der Waals surface area (Å²) >= 11 is 0. The number of rotatable bonds is 5. The molecule has 6 nitrogen and oxygen atoms in total. The number of aromatic nitrogens is 1. The minimum absolute atomic E-state index is 0.205. The molecule has 0 saturated carbocycles. The maximum atomic E-state index is 11.7. The zero-order valence-electron chi connectivity index (χ0n) is 14.0. The van der Waals surface area contributed by atoms with Gasteiger partial charge in [-0.3, -0.25) is 4.84 Å². The second-order valence-corrected chi connectivity index (χ2v) is 5.97. The number of hydroxylamine groups is 2. The lowest BCUT2D eigenvalue weighted by Crippen LogP contribution is -2.35. The Bertz CT molecular complexity index is 730. The molecule has 0 bridgehead atoms. The summed E-state index contributed by atoms with van der Waals surface area (Å²) in [6.07, 6.45) is 1.47. The van der Waals surface area contributed by atoms with Gasteiger partial charge < -0.3 is 10.5 Å². The number of para-hydroxylation sites is 1. The number of aliphatic imine (C=N–C) groups is 1. The van der Waals surface area contributed by atoms with E-state index in [1.54, 1.807) is 17.2 Å². The summed E-state index contributed by atoms with van der Waals surface area (Å²) < 4.78 is 0.814. The van der Waals surface area contributed by atoms with E-state index in [-0.39, 0.29) is 6.61 Å². The standard InChI is InChI=1S/C18H22N4O2/c1-14(2)16-8-3-4-9-17(16)20-18-19-10-12-22(18)24-13-15-7-5-6-11-21(15)23/h3-9,11,14H,10,12-13H2,1-2H3,(H,19,20). The SMILES string of the molecule is CC(C)c1ccccc1/N=C1/NCCN1OCc1cccc[n+]1[O-]. The van der Waals surface area contributed by atoms with Gasteiger partial charge in [-0.15, -0.1) is 0 Å². The van der Waals surface area contributed by atoms with E-state index < -0.39 is 0 Å². The number of hydrogen-bond acceptors (Lipinski definition) is 3. The van der Waals surface area contributed by atoms with E-state index in [4.69, 9.17) is 9.83 Å². The second kappa shape index (κ2) is 7.31. The molecule has 1 N–H and O–H groups in total. The van der Waals surface area contributed by atoms with Crippen LogP contribution in [0.4, 0.5) is 5.69 Å². The van der Waals surface area contributed by atoms with Crippen LogP contribution in [0, 0.1) is 5.21 Å². The number of nitrogens with one attached hydrogen (secondary N) is 1. The zero-order chi connectivity index (χ0) is 16.9. The fourth-order valence-corrected chi connectivity index (χ4v) is 2.60. The molecule has 126 valence electrons. The van der Waals surface area contributed by atoms with Gasteiger partial charge in [0.05, 0.1) is 12.2 Å². The van der Waals surface area contributed by atoms with Crippen LogP contribution in [0.3, 0.4) is 0 Å². The summed E-state index contributed by atoms with van der Waals surface area (Å²) in [7, 11) is 0. The molecule has 1 aliphatic rings. The summed E-state index contributed by atoms with van der Waals surface area (Å²) in [5.74, 6) is 1.07. The van der Waals surface area contributed by atoms with E-state index in [2.05, 4.69) is 25.2 Å². The highest BCUT2D eigenvalue weighted by Gasteiger charge is 2.21. The van der Waals surface area contributed by atoms with Crippen LogP contribution < -0.4 is 10.0 Å². The third-order valence-corrected chi connectivity index (χ3v) is 3.89. The van der Waals surface area contributed by atoms with E-state index in [9.17, 15) is 5.21 Å². The molecule has 1 aliphatic heterocycles. The quantitative estimate of drug-likeness (QED) is 0.677. The summed E-state index contributed by atoms with van der Waals surface area (Å²) in [5.41, 5.74) is 2.69. The molecule has 1 aromatic carbocycles. The Kier molecular flexibility index (Phi) is 4.96. The molecular formula is C18H22N4O2. The highest BCUT2D eigenvalue weighted by molar-refractivity contribution is 5.84. The Balaban J connectivity index is 1.75. The molecule has 3 rings (SSSR count). The van der Waals surface area contributed by atoms with Crippen molar-refractivity contribution >= 4 is 11.6 Å². The third kappa shape index (κ3) is 3.65. The number of guanidine groups is 1. The molecule has 1 saturated heterocycles.